The van der Waals surface area contributed by atoms with Crippen LogP contribution >= 0.6 is 0 Å². The minimum Gasteiger partial charge on any atom is -0.505 e. The molecule has 1 N–H and O–H groups in total. The molecular weight excluding hydrogens is 348 g/mol. The number of nitrogens with zero attached hydrogens (tertiary/aromatic N) is 4. The fourth-order valence-electron chi connectivity index (χ4n) is 4.08. The maximum atomic E-state index is 11.0. The maximum absolute atomic E-state index is 11.0. The molecule has 2 aromatic carbocycles. The van der Waals surface area contributed by atoms with Crippen LogP contribution in [0.2, 0.25) is 0 Å². The average Bonchev–Trinajstić information content (AvgIpc) is 2.97. The van der Waals surface area contributed by atoms with Crippen LogP contribution in [0.1, 0.15) is 52.2 Å². The predicted octanol–water partition coefficient (Wildman–Crippen LogP) is 4.90. The Kier molecular flexibility index (Phi) is 5.24. The van der Waals surface area contributed by atoms with Gasteiger partial charge >= 0.3 is 0 Å². The zero-order chi connectivity index (χ0) is 20.7. The standard InChI is InChI=1S/C23H32N4O/c1-22(2,3)15-23(4,5)17-12-16(14-26(6)7)21(28)20(13-17)27-24-18-10-8-9-11-19(18)25-27/h8-13,28H,14-15H2,1-7H3. The Morgan fingerprint density at radius 2 is 1.54 bits per heavy atom. The third kappa shape index (κ3) is 4.36. The fourth-order valence-corrected chi connectivity index (χ4v) is 4.08. The van der Waals surface area contributed by atoms with Crippen LogP contribution in [0.3, 0.4) is 0 Å². The molecule has 28 heavy (non-hydrogen) atoms. The molecule has 0 saturated heterocycles. The van der Waals surface area contributed by atoms with E-state index in [1.807, 2.05) is 44.4 Å². The van der Waals surface area contributed by atoms with Gasteiger partial charge in [0.1, 0.15) is 22.5 Å². The van der Waals surface area contributed by atoms with Gasteiger partial charge in [0.05, 0.1) is 0 Å². The number of fused-ring (bicyclic) bond motifs is 1. The highest BCUT2D eigenvalue weighted by Crippen LogP contribution is 2.40. The first-order valence-electron chi connectivity index (χ1n) is 9.80. The number of rotatable bonds is 5. The van der Waals surface area contributed by atoms with E-state index in [1.54, 1.807) is 4.80 Å². The summed E-state index contributed by atoms with van der Waals surface area (Å²) in [5, 5.41) is 20.2. The van der Waals surface area contributed by atoms with Crippen molar-refractivity contribution in [1.29, 1.82) is 0 Å². The van der Waals surface area contributed by atoms with Gasteiger partial charge in [-0.25, -0.2) is 0 Å². The molecule has 0 saturated carbocycles. The van der Waals surface area contributed by atoms with Crippen molar-refractivity contribution in [3.63, 3.8) is 0 Å². The van der Waals surface area contributed by atoms with Gasteiger partial charge in [-0.15, -0.1) is 15.0 Å². The van der Waals surface area contributed by atoms with Gasteiger partial charge in [-0.3, -0.25) is 0 Å². The minimum atomic E-state index is -0.0473. The number of hydrogen-bond donors (Lipinski definition) is 1. The van der Waals surface area contributed by atoms with Crippen molar-refractivity contribution in [3.05, 3.63) is 47.5 Å². The molecule has 0 aliphatic carbocycles. The molecular formula is C23H32N4O. The lowest BCUT2D eigenvalue weighted by Crippen LogP contribution is -2.25. The number of hydrogen-bond acceptors (Lipinski definition) is 4. The van der Waals surface area contributed by atoms with Gasteiger partial charge in [0, 0.05) is 12.1 Å². The first-order valence-corrected chi connectivity index (χ1v) is 9.80. The highest BCUT2D eigenvalue weighted by Gasteiger charge is 2.29. The monoisotopic (exact) mass is 380 g/mol. The maximum Gasteiger partial charge on any atom is 0.147 e. The number of phenolic OH excluding ortho intramolecular Hbond substituents is 1. The summed E-state index contributed by atoms with van der Waals surface area (Å²) in [4.78, 5) is 3.63. The highest BCUT2D eigenvalue weighted by molar-refractivity contribution is 5.73. The smallest absolute Gasteiger partial charge is 0.147 e. The van der Waals surface area contributed by atoms with E-state index in [0.717, 1.165) is 23.0 Å². The first-order chi connectivity index (χ1) is 13.0. The van der Waals surface area contributed by atoms with Crippen molar-refractivity contribution in [1.82, 2.24) is 19.9 Å². The van der Waals surface area contributed by atoms with Crippen molar-refractivity contribution >= 4 is 11.0 Å². The average molecular weight is 381 g/mol. The molecule has 5 nitrogen and oxygen atoms in total. The van der Waals surface area contributed by atoms with E-state index in [2.05, 4.69) is 55.8 Å². The third-order valence-electron chi connectivity index (χ3n) is 4.91. The quantitative estimate of drug-likeness (QED) is 0.684. The van der Waals surface area contributed by atoms with Crippen molar-refractivity contribution in [2.75, 3.05) is 14.1 Å². The Labute approximate surface area is 168 Å². The normalized spacial score (nSPS) is 12.9. The SMILES string of the molecule is CN(C)Cc1cc(C(C)(C)CC(C)(C)C)cc(-n2nc3ccccc3n2)c1O. The van der Waals surface area contributed by atoms with Crippen molar-refractivity contribution in [3.8, 4) is 11.4 Å². The molecule has 150 valence electrons. The van der Waals surface area contributed by atoms with Crippen molar-refractivity contribution in [2.45, 2.75) is 53.0 Å². The van der Waals surface area contributed by atoms with Crippen molar-refractivity contribution < 1.29 is 5.11 Å². The van der Waals surface area contributed by atoms with E-state index < -0.39 is 0 Å². The summed E-state index contributed by atoms with van der Waals surface area (Å²) in [6, 6.07) is 11.9. The lowest BCUT2D eigenvalue weighted by molar-refractivity contribution is 0.283. The van der Waals surface area contributed by atoms with Crippen LogP contribution in [0.15, 0.2) is 36.4 Å². The van der Waals surface area contributed by atoms with Gasteiger partial charge in [-0.2, -0.15) is 0 Å². The van der Waals surface area contributed by atoms with E-state index >= 15 is 0 Å². The summed E-state index contributed by atoms with van der Waals surface area (Å²) in [6.07, 6.45) is 1.03. The van der Waals surface area contributed by atoms with E-state index in [4.69, 9.17) is 0 Å². The molecule has 3 rings (SSSR count). The Bertz CT molecular complexity index is 947. The molecule has 0 radical (unpaired) electrons. The Balaban J connectivity index is 2.18. The highest BCUT2D eigenvalue weighted by atomic mass is 16.3. The van der Waals surface area contributed by atoms with Crippen LogP contribution in [0, 0.1) is 5.41 Å². The van der Waals surface area contributed by atoms with Gasteiger partial charge < -0.3 is 10.0 Å². The van der Waals surface area contributed by atoms with Crippen LogP contribution in [0.5, 0.6) is 5.75 Å². The van der Waals surface area contributed by atoms with Crippen LogP contribution in [0.4, 0.5) is 0 Å². The molecule has 0 unspecified atom stereocenters. The molecule has 0 bridgehead atoms. The van der Waals surface area contributed by atoms with Crippen LogP contribution in [-0.2, 0) is 12.0 Å². The molecule has 1 heterocycles. The molecule has 0 aliphatic heterocycles. The van der Waals surface area contributed by atoms with Crippen molar-refractivity contribution in [2.24, 2.45) is 5.41 Å². The summed E-state index contributed by atoms with van der Waals surface area (Å²) in [5.41, 5.74) is 4.49. The van der Waals surface area contributed by atoms with Gasteiger partial charge in [-0.1, -0.05) is 52.8 Å². The Hall–Kier alpha value is -2.40. The molecule has 0 atom stereocenters. The van der Waals surface area contributed by atoms with E-state index in [0.29, 0.717) is 12.2 Å². The molecule has 0 fully saturated rings. The molecule has 0 aliphatic rings. The summed E-state index contributed by atoms with van der Waals surface area (Å²) in [6.45, 7) is 12.0. The third-order valence-corrected chi connectivity index (χ3v) is 4.91. The summed E-state index contributed by atoms with van der Waals surface area (Å²) >= 11 is 0. The number of aromatic hydroxyl groups is 1. The lowest BCUT2D eigenvalue weighted by atomic mass is 9.72. The van der Waals surface area contributed by atoms with E-state index in [1.165, 1.54) is 5.56 Å². The molecule has 1 aromatic heterocycles. The van der Waals surface area contributed by atoms with Gasteiger partial charge in [-0.05, 0) is 55.1 Å². The number of phenols is 1. The molecule has 0 amide bonds. The molecule has 3 aromatic rings. The predicted molar refractivity (Wildman–Crippen MR) is 115 cm³/mol. The fraction of sp³-hybridized carbons (Fsp3) is 0.478. The lowest BCUT2D eigenvalue weighted by Gasteiger charge is -2.34. The second kappa shape index (κ2) is 7.21. The zero-order valence-electron chi connectivity index (χ0n) is 18.1. The summed E-state index contributed by atoms with van der Waals surface area (Å²) in [5.74, 6) is 0.240. The topological polar surface area (TPSA) is 54.2 Å². The van der Waals surface area contributed by atoms with Gasteiger partial charge in [0.15, 0.2) is 0 Å². The Morgan fingerprint density at radius 3 is 2.04 bits per heavy atom. The molecule has 0 spiro atoms. The van der Waals surface area contributed by atoms with E-state index in [9.17, 15) is 5.11 Å². The molecule has 5 heteroatoms. The minimum absolute atomic E-state index is 0.0473. The summed E-state index contributed by atoms with van der Waals surface area (Å²) < 4.78 is 0. The Morgan fingerprint density at radius 1 is 0.964 bits per heavy atom. The largest absolute Gasteiger partial charge is 0.505 e. The second-order valence-corrected chi connectivity index (χ2v) is 9.84. The first kappa shape index (κ1) is 20.3. The number of aromatic nitrogens is 3. The zero-order valence-corrected chi connectivity index (χ0v) is 18.1. The van der Waals surface area contributed by atoms with Crippen LogP contribution in [0.25, 0.3) is 16.7 Å². The second-order valence-electron chi connectivity index (χ2n) is 9.84. The van der Waals surface area contributed by atoms with Crippen LogP contribution < -0.4 is 0 Å². The van der Waals surface area contributed by atoms with Gasteiger partial charge in [0.2, 0.25) is 0 Å². The van der Waals surface area contributed by atoms with Crippen LogP contribution in [-0.4, -0.2) is 39.1 Å². The number of benzene rings is 2. The summed E-state index contributed by atoms with van der Waals surface area (Å²) in [7, 11) is 4.01. The van der Waals surface area contributed by atoms with E-state index in [-0.39, 0.29) is 16.6 Å². The van der Waals surface area contributed by atoms with Gasteiger partial charge in [0.25, 0.3) is 0 Å².